The van der Waals surface area contributed by atoms with Crippen molar-refractivity contribution >= 4 is 28.9 Å². The summed E-state index contributed by atoms with van der Waals surface area (Å²) in [5, 5.41) is 21.5. The summed E-state index contributed by atoms with van der Waals surface area (Å²) in [5.74, 6) is -0.608. The fourth-order valence-electron chi connectivity index (χ4n) is 4.70. The van der Waals surface area contributed by atoms with Gasteiger partial charge in [-0.3, -0.25) is 4.79 Å². The van der Waals surface area contributed by atoms with Crippen LogP contribution in [-0.4, -0.2) is 35.5 Å². The Morgan fingerprint density at radius 1 is 1.28 bits per heavy atom. The Bertz CT molecular complexity index is 824. The van der Waals surface area contributed by atoms with E-state index >= 15 is 0 Å². The molecule has 4 nitrogen and oxygen atoms in total. The van der Waals surface area contributed by atoms with Crippen molar-refractivity contribution in [2.45, 2.75) is 70.0 Å². The lowest BCUT2D eigenvalue weighted by molar-refractivity contribution is -0.147. The van der Waals surface area contributed by atoms with Gasteiger partial charge in [0.25, 0.3) is 0 Å². The van der Waals surface area contributed by atoms with Crippen LogP contribution in [0.3, 0.4) is 0 Å². The van der Waals surface area contributed by atoms with Crippen LogP contribution in [0.4, 0.5) is 0 Å². The number of rotatable bonds is 12. The van der Waals surface area contributed by atoms with Crippen LogP contribution in [0.1, 0.15) is 56.2 Å². The number of carbonyl (C=O) groups is 1. The maximum absolute atomic E-state index is 12.2. The largest absolute Gasteiger partial charge is 0.468 e. The topological polar surface area (TPSA) is 66.8 Å². The van der Waals surface area contributed by atoms with E-state index < -0.39 is 24.1 Å². The van der Waals surface area contributed by atoms with E-state index in [0.717, 1.165) is 42.9 Å². The Labute approximate surface area is 200 Å². The van der Waals surface area contributed by atoms with Gasteiger partial charge in [-0.2, -0.15) is 0 Å². The van der Waals surface area contributed by atoms with E-state index in [0.29, 0.717) is 18.8 Å². The normalized spacial score (nSPS) is 22.8. The molecule has 0 aromatic carbocycles. The van der Waals surface area contributed by atoms with Gasteiger partial charge in [-0.25, -0.2) is 0 Å². The molecule has 0 radical (unpaired) electrons. The molecule has 1 heterocycles. The third-order valence-electron chi connectivity index (χ3n) is 6.90. The molecule has 0 amide bonds. The Kier molecular flexibility index (Phi) is 9.60. The van der Waals surface area contributed by atoms with Gasteiger partial charge in [-0.15, -0.1) is 11.3 Å². The average Bonchev–Trinajstić information content (AvgIpc) is 3.42. The molecule has 4 atom stereocenters. The standard InChI is InChI=1S/C26H35ClO4S/c1-31-25(30)21(22(28)12-5-4-10-19-8-2-3-9-19)11-6-13-23(29)26(16-7-17-26)18-20-14-15-24(27)32-20/h2,4-6,8,11,14-15,19,21-23,28-29H,3,7,9-10,12-13,16-18H2,1H3/t19-,21-,22-,23?/m1/s1. The van der Waals surface area contributed by atoms with Crippen LogP contribution < -0.4 is 0 Å². The number of hydrogen-bond donors (Lipinski definition) is 2. The van der Waals surface area contributed by atoms with Gasteiger partial charge >= 0.3 is 5.97 Å². The molecule has 2 aliphatic rings. The third-order valence-corrected chi connectivity index (χ3v) is 8.13. The lowest BCUT2D eigenvalue weighted by Crippen LogP contribution is -2.42. The van der Waals surface area contributed by atoms with E-state index in [4.69, 9.17) is 16.3 Å². The van der Waals surface area contributed by atoms with E-state index in [1.165, 1.54) is 18.4 Å². The summed E-state index contributed by atoms with van der Waals surface area (Å²) in [6.07, 6.45) is 18.7. The number of carbonyl (C=O) groups excluding carboxylic acids is 1. The van der Waals surface area contributed by atoms with Gasteiger partial charge in [-0.1, -0.05) is 54.5 Å². The first-order valence-corrected chi connectivity index (χ1v) is 12.8. The Hall–Kier alpha value is -1.40. The molecule has 1 saturated carbocycles. The SMILES string of the molecule is COC(=O)[C@H](C=CCC(O)C1(Cc2ccc(Cl)s2)CCC1)[C@H](O)CC=CC[C@@H]1C=CCC1. The summed E-state index contributed by atoms with van der Waals surface area (Å²) < 4.78 is 5.67. The van der Waals surface area contributed by atoms with Crippen LogP contribution in [-0.2, 0) is 16.0 Å². The monoisotopic (exact) mass is 478 g/mol. The zero-order valence-electron chi connectivity index (χ0n) is 18.8. The highest BCUT2D eigenvalue weighted by molar-refractivity contribution is 7.16. The maximum Gasteiger partial charge on any atom is 0.315 e. The van der Waals surface area contributed by atoms with Gasteiger partial charge in [0.1, 0.15) is 5.92 Å². The molecular weight excluding hydrogens is 444 g/mol. The first-order valence-electron chi connectivity index (χ1n) is 11.6. The Morgan fingerprint density at radius 2 is 2.09 bits per heavy atom. The highest BCUT2D eigenvalue weighted by Crippen LogP contribution is 2.48. The molecule has 1 aromatic rings. The second-order valence-corrected chi connectivity index (χ2v) is 10.9. The molecule has 1 fully saturated rings. The predicted molar refractivity (Wildman–Crippen MR) is 131 cm³/mol. The first kappa shape index (κ1) is 25.2. The van der Waals surface area contributed by atoms with Gasteiger partial charge in [0, 0.05) is 10.3 Å². The smallest absolute Gasteiger partial charge is 0.315 e. The molecule has 1 aromatic heterocycles. The van der Waals surface area contributed by atoms with Crippen LogP contribution >= 0.6 is 22.9 Å². The maximum atomic E-state index is 12.2. The molecule has 2 N–H and O–H groups in total. The van der Waals surface area contributed by atoms with Crippen molar-refractivity contribution in [1.29, 1.82) is 0 Å². The lowest BCUT2D eigenvalue weighted by Gasteiger charge is -2.45. The number of halogens is 1. The predicted octanol–water partition coefficient (Wildman–Crippen LogP) is 5.87. The molecular formula is C26H35ClO4S. The van der Waals surface area contributed by atoms with Crippen LogP contribution in [0.5, 0.6) is 0 Å². The first-order chi connectivity index (χ1) is 15.4. The second kappa shape index (κ2) is 12.2. The fraction of sp³-hybridized carbons (Fsp3) is 0.577. The average molecular weight is 479 g/mol. The molecule has 0 spiro atoms. The Morgan fingerprint density at radius 3 is 2.69 bits per heavy atom. The number of aliphatic hydroxyl groups excluding tert-OH is 2. The molecule has 6 heteroatoms. The van der Waals surface area contributed by atoms with Crippen LogP contribution in [0.2, 0.25) is 4.34 Å². The second-order valence-electron chi connectivity index (χ2n) is 9.10. The number of thiophene rings is 1. The van der Waals surface area contributed by atoms with Gasteiger partial charge in [0.05, 0.1) is 23.7 Å². The zero-order valence-corrected chi connectivity index (χ0v) is 20.4. The van der Waals surface area contributed by atoms with Crippen molar-refractivity contribution in [3.63, 3.8) is 0 Å². The number of ether oxygens (including phenoxy) is 1. The van der Waals surface area contributed by atoms with Crippen LogP contribution in [0, 0.1) is 17.3 Å². The van der Waals surface area contributed by atoms with E-state index in [1.807, 2.05) is 24.3 Å². The summed E-state index contributed by atoms with van der Waals surface area (Å²) in [4.78, 5) is 13.4. The molecule has 0 bridgehead atoms. The zero-order chi connectivity index (χ0) is 23.0. The summed E-state index contributed by atoms with van der Waals surface area (Å²) >= 11 is 7.64. The lowest BCUT2D eigenvalue weighted by atomic mass is 9.62. The van der Waals surface area contributed by atoms with Gasteiger partial charge in [-0.05, 0) is 69.4 Å². The summed E-state index contributed by atoms with van der Waals surface area (Å²) in [6.45, 7) is 0. The number of esters is 1. The number of aliphatic hydroxyl groups is 2. The van der Waals surface area contributed by atoms with Gasteiger partial charge < -0.3 is 14.9 Å². The van der Waals surface area contributed by atoms with Gasteiger partial charge in [0.15, 0.2) is 0 Å². The molecule has 176 valence electrons. The highest BCUT2D eigenvalue weighted by atomic mass is 35.5. The molecule has 0 saturated heterocycles. The summed E-state index contributed by atoms with van der Waals surface area (Å²) in [5.41, 5.74) is -0.130. The molecule has 3 rings (SSSR count). The van der Waals surface area contributed by atoms with E-state index in [-0.39, 0.29) is 5.41 Å². The van der Waals surface area contributed by atoms with Crippen molar-refractivity contribution in [2.24, 2.45) is 17.3 Å². The van der Waals surface area contributed by atoms with E-state index in [1.54, 1.807) is 17.4 Å². The minimum Gasteiger partial charge on any atom is -0.468 e. The molecule has 32 heavy (non-hydrogen) atoms. The quantitative estimate of drug-likeness (QED) is 0.291. The van der Waals surface area contributed by atoms with Crippen molar-refractivity contribution in [3.8, 4) is 0 Å². The van der Waals surface area contributed by atoms with Crippen molar-refractivity contribution in [3.05, 3.63) is 57.8 Å². The minimum absolute atomic E-state index is 0.130. The molecule has 2 aliphatic carbocycles. The summed E-state index contributed by atoms with van der Waals surface area (Å²) in [6, 6.07) is 3.94. The van der Waals surface area contributed by atoms with Crippen LogP contribution in [0.15, 0.2) is 48.6 Å². The van der Waals surface area contributed by atoms with E-state index in [2.05, 4.69) is 18.2 Å². The highest BCUT2D eigenvalue weighted by Gasteiger charge is 2.43. The van der Waals surface area contributed by atoms with Crippen LogP contribution in [0.25, 0.3) is 0 Å². The van der Waals surface area contributed by atoms with Gasteiger partial charge in [0.2, 0.25) is 0 Å². The number of methoxy groups -OCH3 is 1. The number of allylic oxidation sites excluding steroid dienone is 3. The minimum atomic E-state index is -0.850. The van der Waals surface area contributed by atoms with E-state index in [9.17, 15) is 15.0 Å². The third kappa shape index (κ3) is 6.80. The Balaban J connectivity index is 1.53. The summed E-state index contributed by atoms with van der Waals surface area (Å²) in [7, 11) is 1.34. The van der Waals surface area contributed by atoms with Crippen molar-refractivity contribution in [2.75, 3.05) is 7.11 Å². The molecule has 1 unspecified atom stereocenters. The molecule has 0 aliphatic heterocycles. The fourth-order valence-corrected chi connectivity index (χ4v) is 5.94. The van der Waals surface area contributed by atoms with Crippen molar-refractivity contribution < 1.29 is 19.7 Å². The number of hydrogen-bond acceptors (Lipinski definition) is 5. The van der Waals surface area contributed by atoms with Crippen molar-refractivity contribution in [1.82, 2.24) is 0 Å².